The molecule has 3 nitrogen and oxygen atoms in total. The van der Waals surface area contributed by atoms with Gasteiger partial charge in [0.2, 0.25) is 0 Å². The van der Waals surface area contributed by atoms with Crippen molar-refractivity contribution in [3.63, 3.8) is 0 Å². The Labute approximate surface area is 71.6 Å². The van der Waals surface area contributed by atoms with E-state index in [-0.39, 0.29) is 10.1 Å². The van der Waals surface area contributed by atoms with E-state index >= 15 is 0 Å². The van der Waals surface area contributed by atoms with Crippen LogP contribution in [0.2, 0.25) is 0 Å². The maximum absolute atomic E-state index is 12.7. The molecule has 0 aliphatic carbocycles. The van der Waals surface area contributed by atoms with Crippen molar-refractivity contribution in [2.24, 2.45) is 0 Å². The second-order valence-corrected chi connectivity index (χ2v) is 3.05. The maximum atomic E-state index is 12.7. The standard InChI is InChI=1S/C6H7F2NO2S/c1-11-5-9-2-4(12-5)6(7,8)3-10/h2,10H,3H2,1H3. The molecule has 0 amide bonds. The summed E-state index contributed by atoms with van der Waals surface area (Å²) in [5.74, 6) is -3.21. The van der Waals surface area contributed by atoms with E-state index in [0.717, 1.165) is 17.5 Å². The highest BCUT2D eigenvalue weighted by Crippen LogP contribution is 2.34. The molecule has 6 heteroatoms. The lowest BCUT2D eigenvalue weighted by Gasteiger charge is -2.08. The summed E-state index contributed by atoms with van der Waals surface area (Å²) in [5.41, 5.74) is 0. The van der Waals surface area contributed by atoms with Crippen LogP contribution < -0.4 is 4.74 Å². The highest BCUT2D eigenvalue weighted by molar-refractivity contribution is 7.13. The summed E-state index contributed by atoms with van der Waals surface area (Å²) in [7, 11) is 1.35. The zero-order chi connectivity index (χ0) is 9.19. The lowest BCUT2D eigenvalue weighted by molar-refractivity contribution is -0.0525. The molecule has 0 spiro atoms. The molecule has 0 bridgehead atoms. The summed E-state index contributed by atoms with van der Waals surface area (Å²) >= 11 is 0.721. The first kappa shape index (κ1) is 9.34. The van der Waals surface area contributed by atoms with E-state index < -0.39 is 12.5 Å². The minimum Gasteiger partial charge on any atom is -0.473 e. The zero-order valence-electron chi connectivity index (χ0n) is 6.25. The Morgan fingerprint density at radius 1 is 1.75 bits per heavy atom. The summed E-state index contributed by atoms with van der Waals surface area (Å²) in [4.78, 5) is 3.26. The average Bonchev–Trinajstić information content (AvgIpc) is 2.52. The van der Waals surface area contributed by atoms with Crippen molar-refractivity contribution in [2.75, 3.05) is 13.7 Å². The zero-order valence-corrected chi connectivity index (χ0v) is 7.07. The van der Waals surface area contributed by atoms with Crippen molar-refractivity contribution < 1.29 is 18.6 Å². The fraction of sp³-hybridized carbons (Fsp3) is 0.500. The molecule has 0 aromatic carbocycles. The maximum Gasteiger partial charge on any atom is 0.306 e. The smallest absolute Gasteiger partial charge is 0.306 e. The molecule has 12 heavy (non-hydrogen) atoms. The van der Waals surface area contributed by atoms with Crippen LogP contribution in [0.5, 0.6) is 5.19 Å². The van der Waals surface area contributed by atoms with Crippen LogP contribution in [0.1, 0.15) is 4.88 Å². The second-order valence-electron chi connectivity index (χ2n) is 2.06. The molecule has 1 N–H and O–H groups in total. The number of aliphatic hydroxyl groups is 1. The van der Waals surface area contributed by atoms with Gasteiger partial charge in [-0.3, -0.25) is 0 Å². The number of hydrogen-bond donors (Lipinski definition) is 1. The number of rotatable bonds is 3. The van der Waals surface area contributed by atoms with E-state index in [4.69, 9.17) is 5.11 Å². The molecule has 0 fully saturated rings. The summed E-state index contributed by atoms with van der Waals surface area (Å²) in [6, 6.07) is 0. The highest BCUT2D eigenvalue weighted by atomic mass is 32.1. The van der Waals surface area contributed by atoms with Crippen LogP contribution in [0.4, 0.5) is 8.78 Å². The van der Waals surface area contributed by atoms with Crippen LogP contribution in [0.3, 0.4) is 0 Å². The van der Waals surface area contributed by atoms with Crippen LogP contribution in [0.25, 0.3) is 0 Å². The molecular weight excluding hydrogens is 188 g/mol. The van der Waals surface area contributed by atoms with E-state index in [9.17, 15) is 8.78 Å². The molecule has 0 radical (unpaired) electrons. The number of nitrogens with zero attached hydrogens (tertiary/aromatic N) is 1. The second kappa shape index (κ2) is 3.32. The van der Waals surface area contributed by atoms with E-state index in [1.807, 2.05) is 0 Å². The Morgan fingerprint density at radius 2 is 2.42 bits per heavy atom. The van der Waals surface area contributed by atoms with Crippen LogP contribution >= 0.6 is 11.3 Å². The predicted molar refractivity (Wildman–Crippen MR) is 39.6 cm³/mol. The average molecular weight is 195 g/mol. The van der Waals surface area contributed by atoms with Gasteiger partial charge in [0.1, 0.15) is 6.61 Å². The molecule has 0 atom stereocenters. The molecule has 1 aromatic rings. The number of ether oxygens (including phenoxy) is 1. The molecule has 68 valence electrons. The highest BCUT2D eigenvalue weighted by Gasteiger charge is 2.33. The van der Waals surface area contributed by atoms with Gasteiger partial charge in [0.25, 0.3) is 5.19 Å². The Morgan fingerprint density at radius 3 is 2.83 bits per heavy atom. The number of hydrogen-bond acceptors (Lipinski definition) is 4. The first-order chi connectivity index (χ1) is 5.60. The topological polar surface area (TPSA) is 42.4 Å². The quantitative estimate of drug-likeness (QED) is 0.788. The third-order valence-electron chi connectivity index (χ3n) is 1.22. The Kier molecular flexibility index (Phi) is 2.58. The molecule has 0 unspecified atom stereocenters. The van der Waals surface area contributed by atoms with E-state index in [1.54, 1.807) is 0 Å². The molecule has 0 saturated carbocycles. The summed E-state index contributed by atoms with van der Waals surface area (Å²) < 4.78 is 30.0. The largest absolute Gasteiger partial charge is 0.473 e. The van der Waals surface area contributed by atoms with Crippen molar-refractivity contribution in [1.29, 1.82) is 0 Å². The lowest BCUT2D eigenvalue weighted by atomic mass is 10.3. The van der Waals surface area contributed by atoms with Crippen LogP contribution in [0.15, 0.2) is 6.20 Å². The summed E-state index contributed by atoms with van der Waals surface area (Å²) in [6.45, 7) is -1.21. The molecule has 1 rings (SSSR count). The first-order valence-corrected chi connectivity index (χ1v) is 3.91. The van der Waals surface area contributed by atoms with Crippen molar-refractivity contribution in [1.82, 2.24) is 4.98 Å². The number of aromatic nitrogens is 1. The third kappa shape index (κ3) is 1.70. The van der Waals surface area contributed by atoms with Gasteiger partial charge in [0, 0.05) is 0 Å². The minimum absolute atomic E-state index is 0.165. The van der Waals surface area contributed by atoms with Gasteiger partial charge in [0.05, 0.1) is 18.2 Å². The number of halogens is 2. The first-order valence-electron chi connectivity index (χ1n) is 3.09. The van der Waals surface area contributed by atoms with Gasteiger partial charge in [0.15, 0.2) is 0 Å². The van der Waals surface area contributed by atoms with Gasteiger partial charge in [-0.2, -0.15) is 8.78 Å². The molecular formula is C6H7F2NO2S. The summed E-state index contributed by atoms with van der Waals surface area (Å²) in [5, 5.41) is 8.48. The van der Waals surface area contributed by atoms with Gasteiger partial charge < -0.3 is 9.84 Å². The van der Waals surface area contributed by atoms with Crippen molar-refractivity contribution in [2.45, 2.75) is 5.92 Å². The molecule has 1 heterocycles. The van der Waals surface area contributed by atoms with Crippen LogP contribution in [-0.4, -0.2) is 23.8 Å². The Balaban J connectivity index is 2.88. The van der Waals surface area contributed by atoms with E-state index in [0.29, 0.717) is 0 Å². The van der Waals surface area contributed by atoms with Gasteiger partial charge in [-0.15, -0.1) is 0 Å². The molecule has 0 aliphatic rings. The van der Waals surface area contributed by atoms with Crippen molar-refractivity contribution >= 4 is 11.3 Å². The predicted octanol–water partition coefficient (Wildman–Crippen LogP) is 1.24. The van der Waals surface area contributed by atoms with E-state index in [2.05, 4.69) is 9.72 Å². The van der Waals surface area contributed by atoms with Crippen LogP contribution in [-0.2, 0) is 5.92 Å². The SMILES string of the molecule is COc1ncc(C(F)(F)CO)s1. The fourth-order valence-electron chi connectivity index (χ4n) is 0.599. The lowest BCUT2D eigenvalue weighted by Crippen LogP contribution is -2.16. The Hall–Kier alpha value is -0.750. The molecule has 0 aliphatic heterocycles. The van der Waals surface area contributed by atoms with E-state index in [1.165, 1.54) is 7.11 Å². The molecule has 1 aromatic heterocycles. The molecule has 0 saturated heterocycles. The number of thiazole rings is 1. The number of methoxy groups -OCH3 is 1. The van der Waals surface area contributed by atoms with Gasteiger partial charge in [-0.05, 0) is 0 Å². The normalized spacial score (nSPS) is 11.7. The summed E-state index contributed by atoms with van der Waals surface area (Å²) in [6.07, 6.45) is 1.000. The number of aliphatic hydroxyl groups excluding tert-OH is 1. The van der Waals surface area contributed by atoms with Gasteiger partial charge in [-0.25, -0.2) is 4.98 Å². The third-order valence-corrected chi connectivity index (χ3v) is 2.29. The van der Waals surface area contributed by atoms with Gasteiger partial charge >= 0.3 is 5.92 Å². The monoisotopic (exact) mass is 195 g/mol. The fourth-order valence-corrected chi connectivity index (χ4v) is 1.30. The Bertz CT molecular complexity index is 264. The van der Waals surface area contributed by atoms with Crippen molar-refractivity contribution in [3.05, 3.63) is 11.1 Å². The van der Waals surface area contributed by atoms with Gasteiger partial charge in [-0.1, -0.05) is 11.3 Å². The number of alkyl halides is 2. The van der Waals surface area contributed by atoms with Crippen LogP contribution in [0, 0.1) is 0 Å². The minimum atomic E-state index is -3.21. The van der Waals surface area contributed by atoms with Crippen molar-refractivity contribution in [3.8, 4) is 5.19 Å².